The van der Waals surface area contributed by atoms with Crippen molar-refractivity contribution in [3.63, 3.8) is 0 Å². The summed E-state index contributed by atoms with van der Waals surface area (Å²) in [6.45, 7) is 7.19. The van der Waals surface area contributed by atoms with Crippen LogP contribution in [0.15, 0.2) is 0 Å². The highest BCUT2D eigenvalue weighted by atomic mass is 16.2. The van der Waals surface area contributed by atoms with E-state index in [1.165, 1.54) is 12.8 Å². The van der Waals surface area contributed by atoms with Crippen molar-refractivity contribution in [2.75, 3.05) is 19.6 Å². The molecular weight excluding hydrogens is 214 g/mol. The van der Waals surface area contributed by atoms with Crippen molar-refractivity contribution in [1.29, 1.82) is 0 Å². The third-order valence-corrected chi connectivity index (χ3v) is 3.91. The van der Waals surface area contributed by atoms with Crippen LogP contribution in [0.1, 0.15) is 39.5 Å². The number of hydrogen-bond acceptors (Lipinski definition) is 3. The Hall–Kier alpha value is -0.610. The second-order valence-electron chi connectivity index (χ2n) is 6.18. The summed E-state index contributed by atoms with van der Waals surface area (Å²) in [6, 6.07) is 0.323. The van der Waals surface area contributed by atoms with E-state index in [2.05, 4.69) is 29.8 Å². The third kappa shape index (κ3) is 3.68. The van der Waals surface area contributed by atoms with Gasteiger partial charge in [-0.3, -0.25) is 4.79 Å². The standard InChI is InChI=1S/C13H25N3O/c1-13(2)5-3-4-10(8-13)16-12(17)11-9-14-6-7-15-11/h10-11,14-15H,3-9H2,1-2H3,(H,16,17). The molecular formula is C13H25N3O. The lowest BCUT2D eigenvalue weighted by Crippen LogP contribution is -2.57. The molecule has 0 aromatic carbocycles. The van der Waals surface area contributed by atoms with Gasteiger partial charge in [-0.15, -0.1) is 0 Å². The number of amides is 1. The van der Waals surface area contributed by atoms with Crippen molar-refractivity contribution in [2.24, 2.45) is 5.41 Å². The predicted octanol–water partition coefficient (Wildman–Crippen LogP) is 0.633. The van der Waals surface area contributed by atoms with E-state index in [9.17, 15) is 4.79 Å². The molecule has 2 unspecified atom stereocenters. The lowest BCUT2D eigenvalue weighted by atomic mass is 9.75. The van der Waals surface area contributed by atoms with E-state index in [4.69, 9.17) is 0 Å². The van der Waals surface area contributed by atoms with E-state index in [1.54, 1.807) is 0 Å². The molecule has 1 amide bonds. The summed E-state index contributed by atoms with van der Waals surface area (Å²) in [4.78, 5) is 12.1. The SMILES string of the molecule is CC1(C)CCCC(NC(=O)C2CNCCN2)C1. The predicted molar refractivity (Wildman–Crippen MR) is 68.8 cm³/mol. The maximum absolute atomic E-state index is 12.1. The normalized spacial score (nSPS) is 33.1. The van der Waals surface area contributed by atoms with Crippen LogP contribution >= 0.6 is 0 Å². The highest BCUT2D eigenvalue weighted by Crippen LogP contribution is 2.35. The summed E-state index contributed by atoms with van der Waals surface area (Å²) in [5, 5.41) is 9.70. The van der Waals surface area contributed by atoms with Crippen molar-refractivity contribution in [3.8, 4) is 0 Å². The van der Waals surface area contributed by atoms with Crippen LogP contribution in [0.3, 0.4) is 0 Å². The first-order chi connectivity index (χ1) is 8.07. The molecule has 1 aliphatic heterocycles. The largest absolute Gasteiger partial charge is 0.352 e. The van der Waals surface area contributed by atoms with Crippen molar-refractivity contribution in [1.82, 2.24) is 16.0 Å². The molecule has 0 spiro atoms. The summed E-state index contributed by atoms with van der Waals surface area (Å²) in [5.74, 6) is 0.167. The molecule has 4 heteroatoms. The van der Waals surface area contributed by atoms with E-state index < -0.39 is 0 Å². The van der Waals surface area contributed by atoms with Crippen LogP contribution in [-0.4, -0.2) is 37.6 Å². The van der Waals surface area contributed by atoms with Crippen LogP contribution in [-0.2, 0) is 4.79 Å². The summed E-state index contributed by atoms with van der Waals surface area (Å²) >= 11 is 0. The lowest BCUT2D eigenvalue weighted by Gasteiger charge is -2.36. The first-order valence-corrected chi connectivity index (χ1v) is 6.81. The molecule has 4 nitrogen and oxygen atoms in total. The van der Waals surface area contributed by atoms with Gasteiger partial charge in [-0.05, 0) is 24.7 Å². The molecule has 2 atom stereocenters. The average molecular weight is 239 g/mol. The zero-order valence-electron chi connectivity index (χ0n) is 11.0. The number of carbonyl (C=O) groups excluding carboxylic acids is 1. The molecule has 1 heterocycles. The monoisotopic (exact) mass is 239 g/mol. The minimum atomic E-state index is -0.0474. The number of carbonyl (C=O) groups is 1. The van der Waals surface area contributed by atoms with E-state index in [0.29, 0.717) is 11.5 Å². The Bertz CT molecular complexity index is 272. The Labute approximate surface area is 104 Å². The van der Waals surface area contributed by atoms with Gasteiger partial charge in [0.25, 0.3) is 0 Å². The molecule has 17 heavy (non-hydrogen) atoms. The zero-order chi connectivity index (χ0) is 12.3. The van der Waals surface area contributed by atoms with Gasteiger partial charge in [0.15, 0.2) is 0 Å². The second kappa shape index (κ2) is 5.36. The zero-order valence-corrected chi connectivity index (χ0v) is 11.0. The van der Waals surface area contributed by atoms with E-state index in [0.717, 1.165) is 32.5 Å². The quantitative estimate of drug-likeness (QED) is 0.662. The summed E-state index contributed by atoms with van der Waals surface area (Å²) in [5.41, 5.74) is 0.383. The van der Waals surface area contributed by atoms with Crippen LogP contribution in [0.25, 0.3) is 0 Å². The molecule has 1 saturated heterocycles. The van der Waals surface area contributed by atoms with Crippen LogP contribution in [0.5, 0.6) is 0 Å². The molecule has 2 rings (SSSR count). The Morgan fingerprint density at radius 1 is 1.35 bits per heavy atom. The van der Waals surface area contributed by atoms with E-state index >= 15 is 0 Å². The van der Waals surface area contributed by atoms with E-state index in [1.807, 2.05) is 0 Å². The highest BCUT2D eigenvalue weighted by Gasteiger charge is 2.30. The Balaban J connectivity index is 1.81. The third-order valence-electron chi connectivity index (χ3n) is 3.91. The minimum Gasteiger partial charge on any atom is -0.352 e. The number of nitrogens with one attached hydrogen (secondary N) is 3. The van der Waals surface area contributed by atoms with Crippen molar-refractivity contribution < 1.29 is 4.79 Å². The summed E-state index contributed by atoms with van der Waals surface area (Å²) in [7, 11) is 0. The fourth-order valence-electron chi connectivity index (χ4n) is 2.96. The van der Waals surface area contributed by atoms with Gasteiger partial charge in [0.1, 0.15) is 0 Å². The Morgan fingerprint density at radius 3 is 2.82 bits per heavy atom. The van der Waals surface area contributed by atoms with Crippen molar-refractivity contribution >= 4 is 5.91 Å². The van der Waals surface area contributed by atoms with Gasteiger partial charge < -0.3 is 16.0 Å². The van der Waals surface area contributed by atoms with Gasteiger partial charge in [0.2, 0.25) is 5.91 Å². The van der Waals surface area contributed by atoms with Crippen LogP contribution in [0.4, 0.5) is 0 Å². The highest BCUT2D eigenvalue weighted by molar-refractivity contribution is 5.82. The molecule has 2 fully saturated rings. The first-order valence-electron chi connectivity index (χ1n) is 6.81. The summed E-state index contributed by atoms with van der Waals surface area (Å²) in [6.07, 6.45) is 4.76. The van der Waals surface area contributed by atoms with Gasteiger partial charge in [-0.2, -0.15) is 0 Å². The molecule has 1 saturated carbocycles. The summed E-state index contributed by atoms with van der Waals surface area (Å²) < 4.78 is 0. The molecule has 3 N–H and O–H groups in total. The fourth-order valence-corrected chi connectivity index (χ4v) is 2.96. The molecule has 1 aliphatic carbocycles. The van der Waals surface area contributed by atoms with Crippen molar-refractivity contribution in [2.45, 2.75) is 51.6 Å². The second-order valence-corrected chi connectivity index (χ2v) is 6.18. The van der Waals surface area contributed by atoms with E-state index in [-0.39, 0.29) is 11.9 Å². The minimum absolute atomic E-state index is 0.0474. The molecule has 2 aliphatic rings. The molecule has 0 bridgehead atoms. The molecule has 0 radical (unpaired) electrons. The maximum atomic E-state index is 12.1. The Kier molecular flexibility index (Phi) is 4.05. The lowest BCUT2D eigenvalue weighted by molar-refractivity contribution is -0.124. The molecule has 0 aromatic rings. The fraction of sp³-hybridized carbons (Fsp3) is 0.923. The van der Waals surface area contributed by atoms with Crippen LogP contribution in [0, 0.1) is 5.41 Å². The van der Waals surface area contributed by atoms with Gasteiger partial charge in [0.05, 0.1) is 6.04 Å². The number of rotatable bonds is 2. The Morgan fingerprint density at radius 2 is 2.18 bits per heavy atom. The topological polar surface area (TPSA) is 53.2 Å². The molecule has 0 aromatic heterocycles. The van der Waals surface area contributed by atoms with Gasteiger partial charge in [-0.25, -0.2) is 0 Å². The molecule has 98 valence electrons. The maximum Gasteiger partial charge on any atom is 0.238 e. The van der Waals surface area contributed by atoms with Crippen molar-refractivity contribution in [3.05, 3.63) is 0 Å². The average Bonchev–Trinajstić information content (AvgIpc) is 2.29. The number of piperazine rings is 1. The van der Waals surface area contributed by atoms with Crippen LogP contribution < -0.4 is 16.0 Å². The first kappa shape index (κ1) is 12.8. The van der Waals surface area contributed by atoms with Gasteiger partial charge in [0, 0.05) is 25.7 Å². The van der Waals surface area contributed by atoms with Crippen LogP contribution in [0.2, 0.25) is 0 Å². The smallest absolute Gasteiger partial charge is 0.238 e. The van der Waals surface area contributed by atoms with Gasteiger partial charge in [-0.1, -0.05) is 20.3 Å². The number of hydrogen-bond donors (Lipinski definition) is 3. The van der Waals surface area contributed by atoms with Gasteiger partial charge >= 0.3 is 0 Å².